The summed E-state index contributed by atoms with van der Waals surface area (Å²) in [7, 11) is 3.14. The van der Waals surface area contributed by atoms with Crippen LogP contribution in [-0.2, 0) is 9.53 Å². The molecule has 4 nitrogen and oxygen atoms in total. The second-order valence-electron chi connectivity index (χ2n) is 4.00. The van der Waals surface area contributed by atoms with Crippen LogP contribution in [0, 0.1) is 0 Å². The molecule has 0 saturated carbocycles. The molecule has 98 valence electrons. The van der Waals surface area contributed by atoms with Gasteiger partial charge in [-0.3, -0.25) is 0 Å². The third kappa shape index (κ3) is 4.22. The zero-order valence-electron chi connectivity index (χ0n) is 10.8. The van der Waals surface area contributed by atoms with Gasteiger partial charge in [-0.1, -0.05) is 12.1 Å². The van der Waals surface area contributed by atoms with E-state index < -0.39 is 5.97 Å². The van der Waals surface area contributed by atoms with Gasteiger partial charge in [-0.2, -0.15) is 0 Å². The van der Waals surface area contributed by atoms with Gasteiger partial charge in [0, 0.05) is 19.1 Å². The molecule has 0 spiro atoms. The van der Waals surface area contributed by atoms with Crippen molar-refractivity contribution in [2.75, 3.05) is 14.2 Å². The van der Waals surface area contributed by atoms with Crippen LogP contribution in [-0.4, -0.2) is 31.4 Å². The van der Waals surface area contributed by atoms with Crippen molar-refractivity contribution in [3.63, 3.8) is 0 Å². The fraction of sp³-hybridized carbons (Fsp3) is 0.357. The molecule has 0 aromatic heterocycles. The van der Waals surface area contributed by atoms with Gasteiger partial charge in [-0.25, -0.2) is 4.79 Å². The van der Waals surface area contributed by atoms with E-state index in [1.807, 2.05) is 25.1 Å². The largest absolute Gasteiger partial charge is 0.497 e. The minimum atomic E-state index is -0.929. The molecule has 0 radical (unpaired) electrons. The third-order valence-corrected chi connectivity index (χ3v) is 2.62. The summed E-state index contributed by atoms with van der Waals surface area (Å²) in [5.74, 6) is -0.227. The fourth-order valence-corrected chi connectivity index (χ4v) is 1.53. The summed E-state index contributed by atoms with van der Waals surface area (Å²) in [6.07, 6.45) is 1.88. The van der Waals surface area contributed by atoms with Gasteiger partial charge < -0.3 is 14.6 Å². The van der Waals surface area contributed by atoms with E-state index in [0.29, 0.717) is 17.7 Å². The van der Waals surface area contributed by atoms with E-state index >= 15 is 0 Å². The number of aliphatic carboxylic acids is 1. The van der Waals surface area contributed by atoms with Crippen molar-refractivity contribution >= 4 is 12.0 Å². The standard InChI is InChI=1S/C14H18O4/c1-10(17-2)7-12(14(15)16)8-11-5-4-6-13(9-11)18-3/h4-6,8-10H,7H2,1-3H3,(H,15,16). The molecule has 0 aliphatic carbocycles. The lowest BCUT2D eigenvalue weighted by molar-refractivity contribution is -0.133. The summed E-state index contributed by atoms with van der Waals surface area (Å²) in [6.45, 7) is 1.84. The molecule has 0 aliphatic heterocycles. The summed E-state index contributed by atoms with van der Waals surface area (Å²) in [5, 5.41) is 9.15. The summed E-state index contributed by atoms with van der Waals surface area (Å²) < 4.78 is 10.2. The van der Waals surface area contributed by atoms with Gasteiger partial charge in [-0.05, 0) is 30.7 Å². The monoisotopic (exact) mass is 250 g/mol. The Morgan fingerprint density at radius 1 is 1.44 bits per heavy atom. The van der Waals surface area contributed by atoms with Gasteiger partial charge in [0.15, 0.2) is 0 Å². The van der Waals surface area contributed by atoms with E-state index in [0.717, 1.165) is 5.56 Å². The highest BCUT2D eigenvalue weighted by Crippen LogP contribution is 2.18. The van der Waals surface area contributed by atoms with Gasteiger partial charge in [0.25, 0.3) is 0 Å². The minimum absolute atomic E-state index is 0.127. The number of ether oxygens (including phenoxy) is 2. The van der Waals surface area contributed by atoms with Crippen LogP contribution in [0.1, 0.15) is 18.9 Å². The number of hydrogen-bond acceptors (Lipinski definition) is 3. The average molecular weight is 250 g/mol. The quantitative estimate of drug-likeness (QED) is 0.788. The first-order valence-corrected chi connectivity index (χ1v) is 5.67. The first-order chi connectivity index (χ1) is 8.56. The minimum Gasteiger partial charge on any atom is -0.497 e. The Labute approximate surface area is 107 Å². The molecule has 1 rings (SSSR count). The lowest BCUT2D eigenvalue weighted by atomic mass is 10.1. The van der Waals surface area contributed by atoms with Gasteiger partial charge >= 0.3 is 5.97 Å². The van der Waals surface area contributed by atoms with Crippen LogP contribution < -0.4 is 4.74 Å². The molecular weight excluding hydrogens is 232 g/mol. The maximum absolute atomic E-state index is 11.2. The van der Waals surface area contributed by atoms with Crippen LogP contribution in [0.25, 0.3) is 6.08 Å². The van der Waals surface area contributed by atoms with Crippen LogP contribution in [0.3, 0.4) is 0 Å². The van der Waals surface area contributed by atoms with Crippen molar-refractivity contribution in [3.8, 4) is 5.75 Å². The van der Waals surface area contributed by atoms with E-state index in [4.69, 9.17) is 14.6 Å². The van der Waals surface area contributed by atoms with Crippen molar-refractivity contribution in [2.24, 2.45) is 0 Å². The summed E-state index contributed by atoms with van der Waals surface area (Å²) in [4.78, 5) is 11.2. The van der Waals surface area contributed by atoms with Crippen molar-refractivity contribution < 1.29 is 19.4 Å². The lowest BCUT2D eigenvalue weighted by Crippen LogP contribution is -2.11. The van der Waals surface area contributed by atoms with Crippen LogP contribution >= 0.6 is 0 Å². The molecule has 4 heteroatoms. The van der Waals surface area contributed by atoms with E-state index in [2.05, 4.69) is 0 Å². The Morgan fingerprint density at radius 2 is 2.17 bits per heavy atom. The summed E-state index contributed by atoms with van der Waals surface area (Å²) in [6, 6.07) is 7.27. The molecule has 0 heterocycles. The average Bonchev–Trinajstić information content (AvgIpc) is 2.37. The van der Waals surface area contributed by atoms with Gasteiger partial charge in [-0.15, -0.1) is 0 Å². The first-order valence-electron chi connectivity index (χ1n) is 5.67. The Balaban J connectivity index is 2.96. The van der Waals surface area contributed by atoms with Crippen molar-refractivity contribution in [3.05, 3.63) is 35.4 Å². The van der Waals surface area contributed by atoms with E-state index in [9.17, 15) is 4.79 Å². The van der Waals surface area contributed by atoms with Crippen LogP contribution in [0.15, 0.2) is 29.8 Å². The molecular formula is C14H18O4. The van der Waals surface area contributed by atoms with Crippen LogP contribution in [0.5, 0.6) is 5.75 Å². The number of rotatable bonds is 6. The highest BCUT2D eigenvalue weighted by molar-refractivity contribution is 5.92. The number of carboxylic acids is 1. The number of carboxylic acid groups (broad SMARTS) is 1. The second kappa shape index (κ2) is 6.81. The Hall–Kier alpha value is -1.81. The zero-order chi connectivity index (χ0) is 13.5. The molecule has 1 aromatic rings. The molecule has 1 unspecified atom stereocenters. The van der Waals surface area contributed by atoms with Crippen molar-refractivity contribution in [1.29, 1.82) is 0 Å². The smallest absolute Gasteiger partial charge is 0.331 e. The highest BCUT2D eigenvalue weighted by atomic mass is 16.5. The number of methoxy groups -OCH3 is 2. The maximum atomic E-state index is 11.2. The highest BCUT2D eigenvalue weighted by Gasteiger charge is 2.12. The van der Waals surface area contributed by atoms with Crippen LogP contribution in [0.4, 0.5) is 0 Å². The summed E-state index contributed by atoms with van der Waals surface area (Å²) >= 11 is 0. The molecule has 1 aromatic carbocycles. The Kier molecular flexibility index (Phi) is 5.39. The SMILES string of the molecule is COc1cccc(C=C(CC(C)OC)C(=O)O)c1. The van der Waals surface area contributed by atoms with Crippen molar-refractivity contribution in [1.82, 2.24) is 0 Å². The molecule has 0 aliphatic rings. The number of benzene rings is 1. The van der Waals surface area contributed by atoms with E-state index in [-0.39, 0.29) is 6.10 Å². The Morgan fingerprint density at radius 3 is 2.72 bits per heavy atom. The predicted molar refractivity (Wildman–Crippen MR) is 69.7 cm³/mol. The Bertz CT molecular complexity index is 437. The van der Waals surface area contributed by atoms with Crippen LogP contribution in [0.2, 0.25) is 0 Å². The van der Waals surface area contributed by atoms with E-state index in [1.165, 1.54) is 0 Å². The first kappa shape index (κ1) is 14.3. The molecule has 1 N–H and O–H groups in total. The predicted octanol–water partition coefficient (Wildman–Crippen LogP) is 2.59. The molecule has 0 fully saturated rings. The zero-order valence-corrected chi connectivity index (χ0v) is 10.8. The van der Waals surface area contributed by atoms with Crippen molar-refractivity contribution in [2.45, 2.75) is 19.4 Å². The summed E-state index contributed by atoms with van der Waals surface area (Å²) in [5.41, 5.74) is 1.12. The topological polar surface area (TPSA) is 55.8 Å². The fourth-order valence-electron chi connectivity index (χ4n) is 1.53. The molecule has 0 saturated heterocycles. The van der Waals surface area contributed by atoms with E-state index in [1.54, 1.807) is 26.4 Å². The normalized spacial score (nSPS) is 13.2. The lowest BCUT2D eigenvalue weighted by Gasteiger charge is -2.10. The molecule has 18 heavy (non-hydrogen) atoms. The molecule has 1 atom stereocenters. The third-order valence-electron chi connectivity index (χ3n) is 2.62. The number of carbonyl (C=O) groups is 1. The second-order valence-corrected chi connectivity index (χ2v) is 4.00. The van der Waals surface area contributed by atoms with Gasteiger partial charge in [0.2, 0.25) is 0 Å². The number of hydrogen-bond donors (Lipinski definition) is 1. The maximum Gasteiger partial charge on any atom is 0.331 e. The van der Waals surface area contributed by atoms with Gasteiger partial charge in [0.1, 0.15) is 5.75 Å². The molecule has 0 amide bonds. The van der Waals surface area contributed by atoms with Gasteiger partial charge in [0.05, 0.1) is 13.2 Å². The molecule has 0 bridgehead atoms.